The second-order valence-electron chi connectivity index (χ2n) is 4.18. The van der Waals surface area contributed by atoms with Gasteiger partial charge in [-0.2, -0.15) is 0 Å². The quantitative estimate of drug-likeness (QED) is 0.827. The van der Waals surface area contributed by atoms with Gasteiger partial charge in [0.25, 0.3) is 0 Å². The molecule has 0 aromatic heterocycles. The Kier molecular flexibility index (Phi) is 6.36. The van der Waals surface area contributed by atoms with Crippen LogP contribution in [0.3, 0.4) is 0 Å². The normalized spacial score (nSPS) is 14.2. The van der Waals surface area contributed by atoms with E-state index in [0.717, 1.165) is 11.3 Å². The molecule has 0 fully saturated rings. The summed E-state index contributed by atoms with van der Waals surface area (Å²) >= 11 is 0. The molecule has 0 bridgehead atoms. The van der Waals surface area contributed by atoms with E-state index in [-0.39, 0.29) is 6.04 Å². The summed E-state index contributed by atoms with van der Waals surface area (Å²) in [6, 6.07) is 6.42. The van der Waals surface area contributed by atoms with E-state index in [1.54, 1.807) is 0 Å². The zero-order valence-electron chi connectivity index (χ0n) is 11.7. The minimum Gasteiger partial charge on any atom is -0.494 e. The van der Waals surface area contributed by atoms with Gasteiger partial charge in [-0.25, -0.2) is 0 Å². The van der Waals surface area contributed by atoms with Crippen molar-refractivity contribution < 1.29 is 8.95 Å². The van der Waals surface area contributed by atoms with Crippen LogP contribution in [0.2, 0.25) is 0 Å². The number of benzene rings is 1. The van der Waals surface area contributed by atoms with E-state index >= 15 is 0 Å². The number of hydrogen-bond donors (Lipinski definition) is 1. The zero-order valence-corrected chi connectivity index (χ0v) is 12.5. The molecule has 0 aliphatic heterocycles. The molecule has 2 unspecified atom stereocenters. The van der Waals surface area contributed by atoms with Crippen molar-refractivity contribution in [2.75, 3.05) is 19.4 Å². The number of nitrogens with one attached hydrogen (secondary N) is 1. The Hall–Kier alpha value is -0.870. The van der Waals surface area contributed by atoms with Crippen LogP contribution in [0, 0.1) is 0 Å². The highest BCUT2D eigenvalue weighted by atomic mass is 32.2. The van der Waals surface area contributed by atoms with Crippen LogP contribution in [0.15, 0.2) is 18.2 Å². The molecule has 102 valence electrons. The Morgan fingerprint density at radius 2 is 2.11 bits per heavy atom. The second-order valence-corrected chi connectivity index (χ2v) is 5.93. The molecule has 4 heteroatoms. The van der Waals surface area contributed by atoms with Gasteiger partial charge in [0.1, 0.15) is 5.75 Å². The lowest BCUT2D eigenvalue weighted by Gasteiger charge is -2.15. The predicted octanol–water partition coefficient (Wildman–Crippen LogP) is 2.63. The van der Waals surface area contributed by atoms with Gasteiger partial charge in [0.2, 0.25) is 0 Å². The molecule has 0 aliphatic rings. The Labute approximate surface area is 112 Å². The monoisotopic (exact) mass is 269 g/mol. The molecule has 0 saturated heterocycles. The molecule has 0 saturated carbocycles. The Balaban J connectivity index is 3.02. The highest BCUT2D eigenvalue weighted by Gasteiger charge is 2.10. The SMILES string of the molecule is CCOc1ccc(C(C)NC)cc1CS(=O)CC. The van der Waals surface area contributed by atoms with Crippen LogP contribution in [0.1, 0.15) is 37.9 Å². The van der Waals surface area contributed by atoms with E-state index < -0.39 is 10.8 Å². The maximum atomic E-state index is 11.7. The number of hydrogen-bond acceptors (Lipinski definition) is 3. The summed E-state index contributed by atoms with van der Waals surface area (Å²) in [5, 5.41) is 3.21. The van der Waals surface area contributed by atoms with E-state index in [0.29, 0.717) is 18.1 Å². The Morgan fingerprint density at radius 1 is 1.39 bits per heavy atom. The van der Waals surface area contributed by atoms with Crippen molar-refractivity contribution in [3.8, 4) is 5.75 Å². The van der Waals surface area contributed by atoms with Crippen molar-refractivity contribution in [1.29, 1.82) is 0 Å². The summed E-state index contributed by atoms with van der Waals surface area (Å²) in [4.78, 5) is 0. The standard InChI is InChI=1S/C14H23NO2S/c1-5-17-14-8-7-12(11(3)15-4)9-13(14)10-18(16)6-2/h7-9,11,15H,5-6,10H2,1-4H3. The summed E-state index contributed by atoms with van der Waals surface area (Å²) in [6.07, 6.45) is 0. The highest BCUT2D eigenvalue weighted by molar-refractivity contribution is 7.84. The molecule has 1 aromatic carbocycles. The van der Waals surface area contributed by atoms with Gasteiger partial charge in [-0.3, -0.25) is 4.21 Å². The van der Waals surface area contributed by atoms with E-state index in [4.69, 9.17) is 4.74 Å². The van der Waals surface area contributed by atoms with Crippen LogP contribution < -0.4 is 10.1 Å². The van der Waals surface area contributed by atoms with Gasteiger partial charge in [0.05, 0.1) is 12.4 Å². The first kappa shape index (κ1) is 15.2. The third-order valence-electron chi connectivity index (χ3n) is 2.96. The van der Waals surface area contributed by atoms with E-state index in [9.17, 15) is 4.21 Å². The van der Waals surface area contributed by atoms with Crippen molar-refractivity contribution in [3.05, 3.63) is 29.3 Å². The van der Waals surface area contributed by atoms with Crippen LogP contribution in [-0.4, -0.2) is 23.6 Å². The minimum atomic E-state index is -0.816. The molecule has 1 aromatic rings. The van der Waals surface area contributed by atoms with Gasteiger partial charge in [-0.1, -0.05) is 13.0 Å². The fourth-order valence-corrected chi connectivity index (χ4v) is 2.50. The topological polar surface area (TPSA) is 38.3 Å². The van der Waals surface area contributed by atoms with Gasteiger partial charge < -0.3 is 10.1 Å². The van der Waals surface area contributed by atoms with Gasteiger partial charge in [-0.05, 0) is 38.6 Å². The summed E-state index contributed by atoms with van der Waals surface area (Å²) < 4.78 is 17.3. The Morgan fingerprint density at radius 3 is 2.67 bits per heavy atom. The molecule has 0 heterocycles. The lowest BCUT2D eigenvalue weighted by atomic mass is 10.1. The first-order valence-electron chi connectivity index (χ1n) is 6.40. The lowest BCUT2D eigenvalue weighted by Crippen LogP contribution is -2.13. The van der Waals surface area contributed by atoms with Crippen molar-refractivity contribution in [3.63, 3.8) is 0 Å². The van der Waals surface area contributed by atoms with Crippen LogP contribution in [0.5, 0.6) is 5.75 Å². The fraction of sp³-hybridized carbons (Fsp3) is 0.571. The van der Waals surface area contributed by atoms with E-state index in [1.807, 2.05) is 27.0 Å². The average Bonchev–Trinajstić information content (AvgIpc) is 2.39. The molecule has 0 radical (unpaired) electrons. The number of ether oxygens (including phenoxy) is 1. The summed E-state index contributed by atoms with van der Waals surface area (Å²) in [5.41, 5.74) is 2.24. The van der Waals surface area contributed by atoms with E-state index in [2.05, 4.69) is 24.4 Å². The first-order valence-corrected chi connectivity index (χ1v) is 7.89. The zero-order chi connectivity index (χ0) is 13.5. The third-order valence-corrected chi connectivity index (χ3v) is 4.23. The summed E-state index contributed by atoms with van der Waals surface area (Å²) in [5.74, 6) is 2.10. The van der Waals surface area contributed by atoms with Crippen LogP contribution in [0.4, 0.5) is 0 Å². The van der Waals surface area contributed by atoms with Crippen molar-refractivity contribution in [2.24, 2.45) is 0 Å². The molecular formula is C14H23NO2S. The molecule has 0 spiro atoms. The summed E-state index contributed by atoms with van der Waals surface area (Å²) in [6.45, 7) is 6.64. The van der Waals surface area contributed by atoms with E-state index in [1.165, 1.54) is 5.56 Å². The highest BCUT2D eigenvalue weighted by Crippen LogP contribution is 2.25. The molecule has 0 aliphatic carbocycles. The lowest BCUT2D eigenvalue weighted by molar-refractivity contribution is 0.337. The third kappa shape index (κ3) is 4.10. The molecule has 1 N–H and O–H groups in total. The molecule has 18 heavy (non-hydrogen) atoms. The molecule has 3 nitrogen and oxygen atoms in total. The van der Waals surface area contributed by atoms with Crippen molar-refractivity contribution >= 4 is 10.8 Å². The van der Waals surface area contributed by atoms with Crippen molar-refractivity contribution in [2.45, 2.75) is 32.6 Å². The van der Waals surface area contributed by atoms with Crippen LogP contribution >= 0.6 is 0 Å². The van der Waals surface area contributed by atoms with Crippen molar-refractivity contribution in [1.82, 2.24) is 5.32 Å². The fourth-order valence-electron chi connectivity index (χ4n) is 1.72. The molecule has 2 atom stereocenters. The van der Waals surface area contributed by atoms with Gasteiger partial charge in [0, 0.05) is 28.2 Å². The average molecular weight is 269 g/mol. The molecule has 1 rings (SSSR count). The van der Waals surface area contributed by atoms with Gasteiger partial charge >= 0.3 is 0 Å². The largest absolute Gasteiger partial charge is 0.494 e. The predicted molar refractivity (Wildman–Crippen MR) is 77.5 cm³/mol. The molecular weight excluding hydrogens is 246 g/mol. The second kappa shape index (κ2) is 7.54. The van der Waals surface area contributed by atoms with Gasteiger partial charge in [-0.15, -0.1) is 0 Å². The van der Waals surface area contributed by atoms with Crippen LogP contribution in [-0.2, 0) is 16.6 Å². The smallest absolute Gasteiger partial charge is 0.123 e. The summed E-state index contributed by atoms with van der Waals surface area (Å²) in [7, 11) is 1.12. The Bertz CT molecular complexity index is 407. The molecule has 0 amide bonds. The van der Waals surface area contributed by atoms with Gasteiger partial charge in [0.15, 0.2) is 0 Å². The maximum Gasteiger partial charge on any atom is 0.123 e. The van der Waals surface area contributed by atoms with Crippen LogP contribution in [0.25, 0.3) is 0 Å². The number of rotatable bonds is 7. The first-order chi connectivity index (χ1) is 8.62. The maximum absolute atomic E-state index is 11.7. The minimum absolute atomic E-state index is 0.287.